The monoisotopic (exact) mass is 371 g/mol. The minimum Gasteiger partial charge on any atom is -0.482 e. The smallest absolute Gasteiger partial charge is 0.261 e. The third-order valence-corrected chi connectivity index (χ3v) is 6.86. The summed E-state index contributed by atoms with van der Waals surface area (Å²) in [5, 5.41) is 0.459. The second kappa shape index (κ2) is 7.31. The molecule has 1 aliphatic carbocycles. The molecule has 1 saturated heterocycles. The van der Waals surface area contributed by atoms with Crippen molar-refractivity contribution >= 4 is 27.3 Å². The lowest BCUT2D eigenvalue weighted by molar-refractivity contribution is -0.137. The number of hydrogen-bond donors (Lipinski definition) is 0. The van der Waals surface area contributed by atoms with Crippen LogP contribution in [0.2, 0.25) is 5.02 Å². The predicted octanol–water partition coefficient (Wildman–Crippen LogP) is 2.68. The summed E-state index contributed by atoms with van der Waals surface area (Å²) < 4.78 is 29.2. The Bertz CT molecular complexity index is 700. The molecule has 0 radical (unpaired) electrons. The Hall–Kier alpha value is -1.27. The van der Waals surface area contributed by atoms with Gasteiger partial charge in [0.25, 0.3) is 5.91 Å². The molecule has 1 aliphatic heterocycles. The van der Waals surface area contributed by atoms with E-state index in [9.17, 15) is 13.2 Å². The molecular weight excluding hydrogens is 350 g/mol. The third-order valence-electron chi connectivity index (χ3n) is 4.80. The number of benzene rings is 1. The van der Waals surface area contributed by atoms with E-state index in [1.807, 2.05) is 0 Å². The summed E-state index contributed by atoms with van der Waals surface area (Å²) in [7, 11) is -3.03. The Morgan fingerprint density at radius 3 is 2.50 bits per heavy atom. The normalized spacial score (nSPS) is 23.3. The SMILES string of the molecule is O=C(COc1ccccc1Cl)N(C1CCCC1)[C@H]1CCS(=O)(=O)C1. The first-order valence-electron chi connectivity index (χ1n) is 8.35. The highest BCUT2D eigenvalue weighted by Crippen LogP contribution is 2.30. The van der Waals surface area contributed by atoms with Gasteiger partial charge in [-0.15, -0.1) is 0 Å². The molecule has 3 rings (SSSR count). The minimum atomic E-state index is -3.03. The molecular formula is C17H22ClNO4S. The molecule has 1 saturated carbocycles. The molecule has 0 N–H and O–H groups in total. The van der Waals surface area contributed by atoms with Crippen LogP contribution < -0.4 is 4.74 Å². The minimum absolute atomic E-state index is 0.0708. The van der Waals surface area contributed by atoms with Gasteiger partial charge in [-0.1, -0.05) is 36.6 Å². The molecule has 132 valence electrons. The van der Waals surface area contributed by atoms with E-state index >= 15 is 0 Å². The maximum atomic E-state index is 12.8. The van der Waals surface area contributed by atoms with Crippen molar-refractivity contribution in [2.24, 2.45) is 0 Å². The van der Waals surface area contributed by atoms with Crippen LogP contribution in [0, 0.1) is 0 Å². The number of hydrogen-bond acceptors (Lipinski definition) is 4. The number of amides is 1. The summed E-state index contributed by atoms with van der Waals surface area (Å²) in [4.78, 5) is 14.6. The third kappa shape index (κ3) is 4.03. The van der Waals surface area contributed by atoms with Crippen LogP contribution in [0.4, 0.5) is 0 Å². The van der Waals surface area contributed by atoms with Crippen LogP contribution in [0.5, 0.6) is 5.75 Å². The van der Waals surface area contributed by atoms with Crippen LogP contribution in [-0.2, 0) is 14.6 Å². The van der Waals surface area contributed by atoms with E-state index in [-0.39, 0.29) is 36.1 Å². The fourth-order valence-corrected chi connectivity index (χ4v) is 5.56. The van der Waals surface area contributed by atoms with E-state index in [1.54, 1.807) is 29.2 Å². The van der Waals surface area contributed by atoms with Gasteiger partial charge in [0.1, 0.15) is 5.75 Å². The number of nitrogens with zero attached hydrogens (tertiary/aromatic N) is 1. The lowest BCUT2D eigenvalue weighted by Gasteiger charge is -2.34. The van der Waals surface area contributed by atoms with Gasteiger partial charge in [-0.05, 0) is 31.4 Å². The fraction of sp³-hybridized carbons (Fsp3) is 0.588. The highest BCUT2D eigenvalue weighted by Gasteiger charge is 2.39. The van der Waals surface area contributed by atoms with Crippen molar-refractivity contribution in [1.82, 2.24) is 4.90 Å². The molecule has 0 spiro atoms. The maximum Gasteiger partial charge on any atom is 0.261 e. The van der Waals surface area contributed by atoms with Crippen LogP contribution in [0.25, 0.3) is 0 Å². The van der Waals surface area contributed by atoms with Gasteiger partial charge in [0.15, 0.2) is 16.4 Å². The van der Waals surface area contributed by atoms with Crippen molar-refractivity contribution in [3.05, 3.63) is 29.3 Å². The van der Waals surface area contributed by atoms with E-state index in [0.717, 1.165) is 25.7 Å². The van der Waals surface area contributed by atoms with Crippen LogP contribution in [0.3, 0.4) is 0 Å². The van der Waals surface area contributed by atoms with Crippen molar-refractivity contribution in [2.45, 2.75) is 44.2 Å². The number of carbonyl (C=O) groups is 1. The summed E-state index contributed by atoms with van der Waals surface area (Å²) in [6.07, 6.45) is 4.57. The molecule has 7 heteroatoms. The topological polar surface area (TPSA) is 63.7 Å². The summed E-state index contributed by atoms with van der Waals surface area (Å²) in [6, 6.07) is 6.93. The van der Waals surface area contributed by atoms with Gasteiger partial charge in [-0.2, -0.15) is 0 Å². The second-order valence-corrected chi connectivity index (χ2v) is 9.15. The largest absolute Gasteiger partial charge is 0.482 e. The molecule has 0 bridgehead atoms. The maximum absolute atomic E-state index is 12.8. The van der Waals surface area contributed by atoms with Gasteiger partial charge in [0, 0.05) is 12.1 Å². The zero-order chi connectivity index (χ0) is 17.2. The molecule has 1 aromatic carbocycles. The molecule has 1 heterocycles. The lowest BCUT2D eigenvalue weighted by atomic mass is 10.1. The van der Waals surface area contributed by atoms with E-state index in [4.69, 9.17) is 16.3 Å². The zero-order valence-electron chi connectivity index (χ0n) is 13.5. The average molecular weight is 372 g/mol. The van der Waals surface area contributed by atoms with E-state index < -0.39 is 9.84 Å². The highest BCUT2D eigenvalue weighted by atomic mass is 35.5. The number of carbonyl (C=O) groups excluding carboxylic acids is 1. The van der Waals surface area contributed by atoms with E-state index in [1.165, 1.54) is 0 Å². The molecule has 1 aromatic rings. The van der Waals surface area contributed by atoms with Crippen LogP contribution in [-0.4, -0.2) is 49.4 Å². The molecule has 0 unspecified atom stereocenters. The van der Waals surface area contributed by atoms with Crippen LogP contribution in [0.1, 0.15) is 32.1 Å². The average Bonchev–Trinajstić information content (AvgIpc) is 3.17. The Kier molecular flexibility index (Phi) is 5.35. The summed E-state index contributed by atoms with van der Waals surface area (Å²) >= 11 is 6.05. The first-order valence-corrected chi connectivity index (χ1v) is 10.5. The highest BCUT2D eigenvalue weighted by molar-refractivity contribution is 7.91. The van der Waals surface area contributed by atoms with Crippen molar-refractivity contribution in [3.63, 3.8) is 0 Å². The summed E-state index contributed by atoms with van der Waals surface area (Å²) in [5.74, 6) is 0.558. The van der Waals surface area contributed by atoms with E-state index in [0.29, 0.717) is 17.2 Å². The van der Waals surface area contributed by atoms with Crippen LogP contribution in [0.15, 0.2) is 24.3 Å². The molecule has 2 aliphatic rings. The molecule has 0 aromatic heterocycles. The molecule has 24 heavy (non-hydrogen) atoms. The zero-order valence-corrected chi connectivity index (χ0v) is 15.1. The van der Waals surface area contributed by atoms with E-state index in [2.05, 4.69) is 0 Å². The molecule has 2 fully saturated rings. The van der Waals surface area contributed by atoms with Gasteiger partial charge in [-0.25, -0.2) is 8.42 Å². The van der Waals surface area contributed by atoms with Gasteiger partial charge in [0.2, 0.25) is 0 Å². The number of halogens is 1. The Labute approximate surface area is 147 Å². The quantitative estimate of drug-likeness (QED) is 0.798. The van der Waals surface area contributed by atoms with Crippen LogP contribution >= 0.6 is 11.6 Å². The first kappa shape index (κ1) is 17.5. The molecule has 5 nitrogen and oxygen atoms in total. The molecule has 1 amide bonds. The van der Waals surface area contributed by atoms with Gasteiger partial charge in [-0.3, -0.25) is 4.79 Å². The van der Waals surface area contributed by atoms with Crippen molar-refractivity contribution in [1.29, 1.82) is 0 Å². The Balaban J connectivity index is 1.70. The van der Waals surface area contributed by atoms with Crippen molar-refractivity contribution < 1.29 is 17.9 Å². The second-order valence-electron chi connectivity index (χ2n) is 6.52. The summed E-state index contributed by atoms with van der Waals surface area (Å²) in [6.45, 7) is -0.114. The Morgan fingerprint density at radius 1 is 1.17 bits per heavy atom. The standard InChI is InChI=1S/C17H22ClNO4S/c18-15-7-3-4-8-16(15)23-11-17(20)19(13-5-1-2-6-13)14-9-10-24(21,22)12-14/h3-4,7-8,13-14H,1-2,5-6,9-12H2/t14-/m0/s1. The predicted molar refractivity (Wildman–Crippen MR) is 93.1 cm³/mol. The first-order chi connectivity index (χ1) is 11.5. The van der Waals surface area contributed by atoms with Crippen molar-refractivity contribution in [2.75, 3.05) is 18.1 Å². The van der Waals surface area contributed by atoms with Gasteiger partial charge >= 0.3 is 0 Å². The molecule has 1 atom stereocenters. The lowest BCUT2D eigenvalue weighted by Crippen LogP contribution is -2.48. The van der Waals surface area contributed by atoms with Gasteiger partial charge in [0.05, 0.1) is 16.5 Å². The Morgan fingerprint density at radius 2 is 1.88 bits per heavy atom. The summed E-state index contributed by atoms with van der Waals surface area (Å²) in [5.41, 5.74) is 0. The number of para-hydroxylation sites is 1. The number of rotatable bonds is 5. The number of ether oxygens (including phenoxy) is 1. The van der Waals surface area contributed by atoms with Gasteiger partial charge < -0.3 is 9.64 Å². The fourth-order valence-electron chi connectivity index (χ4n) is 3.66. The number of sulfone groups is 1. The van der Waals surface area contributed by atoms with Crippen molar-refractivity contribution in [3.8, 4) is 5.75 Å².